The molecule has 0 aromatic carbocycles. The van der Waals surface area contributed by atoms with E-state index >= 15 is 0 Å². The molecule has 0 aliphatic heterocycles. The average molecular weight is 258 g/mol. The summed E-state index contributed by atoms with van der Waals surface area (Å²) in [5.74, 6) is 5.20. The summed E-state index contributed by atoms with van der Waals surface area (Å²) >= 11 is 0. The number of nitrogens with two attached hydrogens (primary N) is 1. The van der Waals surface area contributed by atoms with Crippen molar-refractivity contribution >= 4 is 11.6 Å². The van der Waals surface area contributed by atoms with E-state index in [0.717, 1.165) is 5.57 Å². The molecular weight excluding hydrogens is 232 g/mol. The largest absolute Gasteiger partial charge is 0.300 e. The van der Waals surface area contributed by atoms with Gasteiger partial charge in [0.1, 0.15) is 5.78 Å². The van der Waals surface area contributed by atoms with Crippen molar-refractivity contribution in [2.75, 3.05) is 7.05 Å². The zero-order chi connectivity index (χ0) is 14.9. The fourth-order valence-electron chi connectivity index (χ4n) is 1.27. The Morgan fingerprint density at radius 1 is 1.22 bits per heavy atom. The highest BCUT2D eigenvalue weighted by Gasteiger charge is 2.25. The van der Waals surface area contributed by atoms with Gasteiger partial charge >= 0.3 is 0 Å². The summed E-state index contributed by atoms with van der Waals surface area (Å²) in [5, 5.41) is 1.47. The highest BCUT2D eigenvalue weighted by Crippen LogP contribution is 2.16. The Hall–Kier alpha value is -1.04. The molecule has 0 rings (SSSR count). The Labute approximate surface area is 110 Å². The molecule has 0 aliphatic carbocycles. The number of Topliss-reactive ketones (excluding diaryl/α,β-unsaturated/α-hetero) is 1. The number of carbonyl (C=O) groups excluding carboxylic acids is 2. The van der Waals surface area contributed by atoms with Gasteiger partial charge in [-0.1, -0.05) is 5.57 Å². The van der Waals surface area contributed by atoms with E-state index in [2.05, 4.69) is 4.94 Å². The first kappa shape index (κ1) is 19.3. The number of carbonyl (C=O) groups is 2. The van der Waals surface area contributed by atoms with E-state index in [0.29, 0.717) is 6.42 Å². The van der Waals surface area contributed by atoms with E-state index in [1.54, 1.807) is 27.0 Å². The maximum atomic E-state index is 10.8. The number of hydrogen-bond acceptors (Lipinski definition) is 5. The lowest BCUT2D eigenvalue weighted by molar-refractivity contribution is -0.202. The van der Waals surface area contributed by atoms with Gasteiger partial charge in [-0.25, -0.2) is 4.94 Å². The summed E-state index contributed by atoms with van der Waals surface area (Å²) < 4.78 is 0. The van der Waals surface area contributed by atoms with Crippen LogP contribution in [0.5, 0.6) is 0 Å². The third-order valence-corrected chi connectivity index (χ3v) is 2.18. The molecule has 0 spiro atoms. The SMILES string of the molecule is CC(=O)C=C(C)C.CC(=O)CC(C)(C)N(C)ON. The molecule has 0 aliphatic rings. The van der Waals surface area contributed by atoms with Crippen LogP contribution in [0.15, 0.2) is 11.6 Å². The minimum absolute atomic E-state index is 0.124. The lowest BCUT2D eigenvalue weighted by atomic mass is 9.98. The van der Waals surface area contributed by atoms with E-state index < -0.39 is 0 Å². The van der Waals surface area contributed by atoms with Crippen LogP contribution in [0.3, 0.4) is 0 Å². The Bertz CT molecular complexity index is 305. The molecule has 0 fully saturated rings. The Balaban J connectivity index is 0. The third kappa shape index (κ3) is 11.4. The summed E-state index contributed by atoms with van der Waals surface area (Å²) in [7, 11) is 1.70. The summed E-state index contributed by atoms with van der Waals surface area (Å²) in [4.78, 5) is 25.4. The van der Waals surface area contributed by atoms with Crippen molar-refractivity contribution in [3.8, 4) is 0 Å². The summed E-state index contributed by atoms with van der Waals surface area (Å²) in [6, 6.07) is 0. The van der Waals surface area contributed by atoms with Crippen molar-refractivity contribution < 1.29 is 14.5 Å². The molecule has 106 valence electrons. The minimum Gasteiger partial charge on any atom is -0.300 e. The van der Waals surface area contributed by atoms with Crippen molar-refractivity contribution in [1.82, 2.24) is 5.06 Å². The maximum Gasteiger partial charge on any atom is 0.152 e. The predicted molar refractivity (Wildman–Crippen MR) is 72.5 cm³/mol. The van der Waals surface area contributed by atoms with Crippen molar-refractivity contribution in [3.05, 3.63) is 11.6 Å². The van der Waals surface area contributed by atoms with Crippen LogP contribution in [0.4, 0.5) is 0 Å². The minimum atomic E-state index is -0.333. The second-order valence-electron chi connectivity index (χ2n) is 5.13. The summed E-state index contributed by atoms with van der Waals surface area (Å²) in [5.41, 5.74) is 0.730. The van der Waals surface area contributed by atoms with Gasteiger partial charge in [0, 0.05) is 19.0 Å². The summed E-state index contributed by atoms with van der Waals surface area (Å²) in [6.07, 6.45) is 2.04. The molecule has 0 atom stereocenters. The van der Waals surface area contributed by atoms with Gasteiger partial charge in [-0.3, -0.25) is 9.59 Å². The first-order chi connectivity index (χ1) is 8.02. The lowest BCUT2D eigenvalue weighted by Gasteiger charge is -2.31. The van der Waals surface area contributed by atoms with Crippen LogP contribution in [0, 0.1) is 0 Å². The van der Waals surface area contributed by atoms with Crippen LogP contribution in [0.1, 0.15) is 48.0 Å². The molecule has 0 heterocycles. The molecule has 2 N–H and O–H groups in total. The molecular formula is C13H26N2O3. The standard InChI is InChI=1S/C7H16N2O2.C6H10O/c1-6(10)5-7(2,3)9(4)11-8;1-5(2)4-6(3)7/h5,8H2,1-4H3;4H,1-3H3. The maximum absolute atomic E-state index is 10.8. The van der Waals surface area contributed by atoms with Crippen LogP contribution in [0.25, 0.3) is 0 Å². The van der Waals surface area contributed by atoms with Crippen molar-refractivity contribution in [1.29, 1.82) is 0 Å². The van der Waals surface area contributed by atoms with Crippen LogP contribution < -0.4 is 5.90 Å². The number of rotatable bonds is 5. The fraction of sp³-hybridized carbons (Fsp3) is 0.692. The predicted octanol–water partition coefficient (Wildman–Crippen LogP) is 2.02. The van der Waals surface area contributed by atoms with E-state index in [4.69, 9.17) is 5.90 Å². The second-order valence-corrected chi connectivity index (χ2v) is 5.13. The van der Waals surface area contributed by atoms with Crippen molar-refractivity contribution in [3.63, 3.8) is 0 Å². The zero-order valence-electron chi connectivity index (χ0n) is 12.5. The summed E-state index contributed by atoms with van der Waals surface area (Å²) in [6.45, 7) is 10.7. The molecule has 0 saturated heterocycles. The van der Waals surface area contributed by atoms with Crippen molar-refractivity contribution in [2.45, 2.75) is 53.5 Å². The smallest absolute Gasteiger partial charge is 0.152 e. The van der Waals surface area contributed by atoms with Gasteiger partial charge in [0.15, 0.2) is 5.78 Å². The molecule has 0 saturated carbocycles. The van der Waals surface area contributed by atoms with Crippen LogP contribution in [-0.2, 0) is 14.5 Å². The first-order valence-corrected chi connectivity index (χ1v) is 5.78. The van der Waals surface area contributed by atoms with Gasteiger partial charge in [0.25, 0.3) is 0 Å². The van der Waals surface area contributed by atoms with Crippen molar-refractivity contribution in [2.24, 2.45) is 5.90 Å². The fourth-order valence-corrected chi connectivity index (χ4v) is 1.27. The van der Waals surface area contributed by atoms with E-state index in [1.807, 2.05) is 27.7 Å². The normalized spacial score (nSPS) is 10.5. The average Bonchev–Trinajstić information content (AvgIpc) is 2.12. The number of ketones is 2. The number of hydrogen-bond donors (Lipinski definition) is 1. The molecule has 0 aromatic heterocycles. The van der Waals surface area contributed by atoms with Gasteiger partial charge in [0.05, 0.1) is 0 Å². The highest BCUT2D eigenvalue weighted by atomic mass is 16.8. The monoisotopic (exact) mass is 258 g/mol. The number of hydroxylamine groups is 2. The van der Waals surface area contributed by atoms with Gasteiger partial charge < -0.3 is 0 Å². The number of allylic oxidation sites excluding steroid dienone is 2. The van der Waals surface area contributed by atoms with E-state index in [-0.39, 0.29) is 17.1 Å². The first-order valence-electron chi connectivity index (χ1n) is 5.78. The molecule has 0 amide bonds. The molecule has 0 bridgehead atoms. The molecule has 5 nitrogen and oxygen atoms in total. The molecule has 18 heavy (non-hydrogen) atoms. The topological polar surface area (TPSA) is 72.6 Å². The Morgan fingerprint density at radius 3 is 1.83 bits per heavy atom. The molecule has 0 radical (unpaired) electrons. The zero-order valence-corrected chi connectivity index (χ0v) is 12.5. The van der Waals surface area contributed by atoms with Gasteiger partial charge in [0.2, 0.25) is 0 Å². The van der Waals surface area contributed by atoms with Gasteiger partial charge in [-0.05, 0) is 47.6 Å². The van der Waals surface area contributed by atoms with E-state index in [1.165, 1.54) is 5.06 Å². The lowest BCUT2D eigenvalue weighted by Crippen LogP contribution is -2.43. The van der Waals surface area contributed by atoms with E-state index in [9.17, 15) is 9.59 Å². The van der Waals surface area contributed by atoms with Crippen LogP contribution >= 0.6 is 0 Å². The Kier molecular flexibility index (Phi) is 9.61. The van der Waals surface area contributed by atoms with Crippen LogP contribution in [-0.4, -0.2) is 29.2 Å². The molecule has 0 aromatic rings. The van der Waals surface area contributed by atoms with Crippen LogP contribution in [0.2, 0.25) is 0 Å². The Morgan fingerprint density at radius 2 is 1.67 bits per heavy atom. The number of nitrogens with zero attached hydrogens (tertiary/aromatic N) is 1. The second kappa shape index (κ2) is 8.97. The third-order valence-electron chi connectivity index (χ3n) is 2.18. The van der Waals surface area contributed by atoms with Gasteiger partial charge in [-0.15, -0.1) is 0 Å². The quantitative estimate of drug-likeness (QED) is 0.603. The highest BCUT2D eigenvalue weighted by molar-refractivity contribution is 5.87. The molecule has 0 unspecified atom stereocenters. The van der Waals surface area contributed by atoms with Gasteiger partial charge in [-0.2, -0.15) is 11.0 Å². The molecule has 5 heteroatoms.